The van der Waals surface area contributed by atoms with Gasteiger partial charge in [0, 0.05) is 38.1 Å². The number of nitriles is 2. The summed E-state index contributed by atoms with van der Waals surface area (Å²) in [5, 5.41) is 25.0. The first-order valence-electron chi connectivity index (χ1n) is 21.4. The lowest BCUT2D eigenvalue weighted by atomic mass is 9.34. The highest BCUT2D eigenvalue weighted by atomic mass is 16.5. The van der Waals surface area contributed by atoms with E-state index in [-0.39, 0.29) is 6.71 Å². The summed E-state index contributed by atoms with van der Waals surface area (Å²) in [6.45, 7) is 1.90. The van der Waals surface area contributed by atoms with E-state index in [1.165, 1.54) is 21.5 Å². The number of fused-ring (bicyclic) bond motifs is 10. The lowest BCUT2D eigenvalue weighted by Crippen LogP contribution is -2.57. The van der Waals surface area contributed by atoms with Gasteiger partial charge in [-0.1, -0.05) is 97.1 Å². The zero-order valence-electron chi connectivity index (χ0n) is 34.5. The standard InChI is InChI=1S/C57H33BN4O2/c1-34-26-55-57-56(27-34)64-54-31-38(44-29-36(33-60)19-25-52(44)62-49-16-8-4-12-41(49)42-13-5-9-17-50(42)62)21-23-46(54)58(57)45-22-20-37(30-53(45)63-55)43-28-35(32-59)18-24-51(43)61-47-14-6-2-10-39(47)40-11-3-7-15-48(40)61/h2-31H,1H3. The van der Waals surface area contributed by atoms with Crippen LogP contribution in [0.1, 0.15) is 16.7 Å². The molecule has 4 heterocycles. The first-order valence-corrected chi connectivity index (χ1v) is 21.4. The molecule has 0 atom stereocenters. The average Bonchev–Trinajstić information content (AvgIpc) is 3.86. The monoisotopic (exact) mass is 816 g/mol. The summed E-state index contributed by atoms with van der Waals surface area (Å²) in [5.41, 5.74) is 15.4. The number of para-hydroxylation sites is 4. The first-order chi connectivity index (χ1) is 31.5. The molecule has 64 heavy (non-hydrogen) atoms. The summed E-state index contributed by atoms with van der Waals surface area (Å²) in [7, 11) is 0. The van der Waals surface area contributed by atoms with Crippen molar-refractivity contribution in [2.75, 3.05) is 0 Å². The number of aromatic nitrogens is 2. The zero-order chi connectivity index (χ0) is 42.6. The van der Waals surface area contributed by atoms with Crippen LogP contribution < -0.4 is 25.9 Å². The molecule has 7 heteroatoms. The molecule has 13 rings (SSSR count). The highest BCUT2D eigenvalue weighted by Gasteiger charge is 2.40. The maximum absolute atomic E-state index is 10.2. The molecule has 0 spiro atoms. The largest absolute Gasteiger partial charge is 0.458 e. The number of aryl methyl sites for hydroxylation is 1. The van der Waals surface area contributed by atoms with Gasteiger partial charge in [-0.2, -0.15) is 10.5 Å². The van der Waals surface area contributed by atoms with Crippen LogP contribution in [-0.4, -0.2) is 15.8 Å². The van der Waals surface area contributed by atoms with E-state index in [0.717, 1.165) is 101 Å². The molecule has 0 amide bonds. The van der Waals surface area contributed by atoms with Crippen molar-refractivity contribution in [3.8, 4) is 68.8 Å². The molecule has 296 valence electrons. The van der Waals surface area contributed by atoms with Crippen molar-refractivity contribution in [3.05, 3.63) is 199 Å². The third kappa shape index (κ3) is 5.19. The third-order valence-electron chi connectivity index (χ3n) is 13.1. The van der Waals surface area contributed by atoms with Gasteiger partial charge in [-0.05, 0) is 119 Å². The molecule has 6 nitrogen and oxygen atoms in total. The minimum atomic E-state index is -0.161. The van der Waals surface area contributed by atoms with Crippen LogP contribution in [0, 0.1) is 29.6 Å². The molecular weight excluding hydrogens is 783 g/mol. The summed E-state index contributed by atoms with van der Waals surface area (Å²) < 4.78 is 18.3. The summed E-state index contributed by atoms with van der Waals surface area (Å²) in [6, 6.07) is 67.7. The second-order valence-corrected chi connectivity index (χ2v) is 16.7. The van der Waals surface area contributed by atoms with Gasteiger partial charge in [0.05, 0.1) is 56.7 Å². The van der Waals surface area contributed by atoms with Crippen molar-refractivity contribution >= 4 is 66.7 Å². The number of ether oxygens (including phenoxy) is 2. The van der Waals surface area contributed by atoms with E-state index >= 15 is 0 Å². The van der Waals surface area contributed by atoms with Gasteiger partial charge in [0.1, 0.15) is 23.0 Å². The van der Waals surface area contributed by atoms with Crippen molar-refractivity contribution < 1.29 is 9.47 Å². The van der Waals surface area contributed by atoms with Crippen LogP contribution >= 0.6 is 0 Å². The fourth-order valence-electron chi connectivity index (χ4n) is 10.4. The van der Waals surface area contributed by atoms with Crippen molar-refractivity contribution in [2.45, 2.75) is 6.92 Å². The quantitative estimate of drug-likeness (QED) is 0.166. The van der Waals surface area contributed by atoms with Gasteiger partial charge < -0.3 is 18.6 Å². The molecule has 0 fully saturated rings. The van der Waals surface area contributed by atoms with Gasteiger partial charge in [0.2, 0.25) is 0 Å². The molecule has 0 aliphatic carbocycles. The van der Waals surface area contributed by atoms with Crippen LogP contribution in [0.15, 0.2) is 182 Å². The fraction of sp³-hybridized carbons (Fsp3) is 0.0175. The Kier molecular flexibility index (Phi) is 7.64. The topological polar surface area (TPSA) is 75.9 Å². The van der Waals surface area contributed by atoms with Crippen LogP contribution in [0.25, 0.3) is 77.2 Å². The Labute approximate surface area is 368 Å². The minimum absolute atomic E-state index is 0.161. The summed E-state index contributed by atoms with van der Waals surface area (Å²) in [4.78, 5) is 0. The Hall–Kier alpha value is -8.78. The molecule has 0 bridgehead atoms. The molecule has 2 aliphatic heterocycles. The molecule has 2 aromatic heterocycles. The van der Waals surface area contributed by atoms with Crippen molar-refractivity contribution in [1.82, 2.24) is 9.13 Å². The second-order valence-electron chi connectivity index (χ2n) is 16.7. The predicted molar refractivity (Wildman–Crippen MR) is 258 cm³/mol. The second kappa shape index (κ2) is 13.6. The van der Waals surface area contributed by atoms with Crippen molar-refractivity contribution in [2.24, 2.45) is 0 Å². The minimum Gasteiger partial charge on any atom is -0.458 e. The highest BCUT2D eigenvalue weighted by molar-refractivity contribution is 6.98. The Balaban J connectivity index is 0.975. The Morgan fingerprint density at radius 2 is 0.812 bits per heavy atom. The lowest BCUT2D eigenvalue weighted by Gasteiger charge is -2.33. The Morgan fingerprint density at radius 3 is 1.20 bits per heavy atom. The van der Waals surface area contributed by atoms with E-state index in [0.29, 0.717) is 11.1 Å². The molecule has 11 aromatic rings. The van der Waals surface area contributed by atoms with Crippen LogP contribution in [0.4, 0.5) is 0 Å². The van der Waals surface area contributed by atoms with E-state index in [2.05, 4.69) is 186 Å². The first kappa shape index (κ1) is 35.9. The Bertz CT molecular complexity index is 3560. The molecule has 2 aliphatic rings. The number of nitrogens with zero attached hydrogens (tertiary/aromatic N) is 4. The van der Waals surface area contributed by atoms with Crippen molar-refractivity contribution in [3.63, 3.8) is 0 Å². The number of benzene rings is 9. The SMILES string of the molecule is Cc1cc2c3c(c1)Oc1cc(-c4cc(C#N)ccc4-n4c5ccccc5c5ccccc54)ccc1B3c1ccc(-c3cc(C#N)ccc3-n3c4ccccc4c4ccccc43)cc1O2. The van der Waals surface area contributed by atoms with Crippen molar-refractivity contribution in [1.29, 1.82) is 10.5 Å². The van der Waals surface area contributed by atoms with E-state index in [4.69, 9.17) is 9.47 Å². The number of rotatable bonds is 4. The predicted octanol–water partition coefficient (Wildman–Crippen LogP) is 12.0. The van der Waals surface area contributed by atoms with Gasteiger partial charge >= 0.3 is 0 Å². The van der Waals surface area contributed by atoms with Gasteiger partial charge in [-0.15, -0.1) is 0 Å². The number of hydrogen-bond acceptors (Lipinski definition) is 4. The zero-order valence-corrected chi connectivity index (χ0v) is 34.5. The van der Waals surface area contributed by atoms with Crippen LogP contribution in [-0.2, 0) is 0 Å². The van der Waals surface area contributed by atoms with Gasteiger partial charge in [-0.25, -0.2) is 0 Å². The molecular formula is C57H33BN4O2. The Morgan fingerprint density at radius 1 is 0.422 bits per heavy atom. The molecule has 0 saturated heterocycles. The van der Waals surface area contributed by atoms with E-state index in [9.17, 15) is 10.5 Å². The highest BCUT2D eigenvalue weighted by Crippen LogP contribution is 2.42. The number of hydrogen-bond donors (Lipinski definition) is 0. The summed E-state index contributed by atoms with van der Waals surface area (Å²) in [6.07, 6.45) is 0. The van der Waals surface area contributed by atoms with Crippen LogP contribution in [0.3, 0.4) is 0 Å². The molecule has 0 N–H and O–H groups in total. The molecule has 0 saturated carbocycles. The van der Waals surface area contributed by atoms with E-state index in [1.807, 2.05) is 24.3 Å². The van der Waals surface area contributed by atoms with Gasteiger partial charge in [-0.3, -0.25) is 0 Å². The molecule has 0 unspecified atom stereocenters. The molecule has 9 aromatic carbocycles. The molecule has 0 radical (unpaired) electrons. The summed E-state index contributed by atoms with van der Waals surface area (Å²) in [5.74, 6) is 3.05. The van der Waals surface area contributed by atoms with E-state index < -0.39 is 0 Å². The van der Waals surface area contributed by atoms with Gasteiger partial charge in [0.15, 0.2) is 0 Å². The van der Waals surface area contributed by atoms with Crippen LogP contribution in [0.5, 0.6) is 23.0 Å². The third-order valence-corrected chi connectivity index (χ3v) is 13.1. The maximum atomic E-state index is 10.2. The smallest absolute Gasteiger partial charge is 0.260 e. The van der Waals surface area contributed by atoms with Gasteiger partial charge in [0.25, 0.3) is 6.71 Å². The van der Waals surface area contributed by atoms with Crippen LogP contribution in [0.2, 0.25) is 0 Å². The maximum Gasteiger partial charge on any atom is 0.260 e. The average molecular weight is 817 g/mol. The normalized spacial score (nSPS) is 12.3. The van der Waals surface area contributed by atoms with E-state index in [1.54, 1.807) is 0 Å². The lowest BCUT2D eigenvalue weighted by molar-refractivity contribution is 0.464. The fourth-order valence-corrected chi connectivity index (χ4v) is 10.4. The summed E-state index contributed by atoms with van der Waals surface area (Å²) >= 11 is 0.